The van der Waals surface area contributed by atoms with Crippen LogP contribution in [-0.4, -0.2) is 22.8 Å². The second-order valence-electron chi connectivity index (χ2n) is 5.09. The van der Waals surface area contributed by atoms with Gasteiger partial charge in [0.1, 0.15) is 0 Å². The van der Waals surface area contributed by atoms with Gasteiger partial charge in [0, 0.05) is 11.6 Å². The first-order valence-electron chi connectivity index (χ1n) is 6.21. The van der Waals surface area contributed by atoms with Crippen molar-refractivity contribution in [2.24, 2.45) is 0 Å². The second kappa shape index (κ2) is 4.19. The minimum atomic E-state index is -0.0900. The molecule has 2 fully saturated rings. The van der Waals surface area contributed by atoms with Crippen molar-refractivity contribution in [2.45, 2.75) is 76.0 Å². The summed E-state index contributed by atoms with van der Waals surface area (Å²) in [4.78, 5) is 0. The van der Waals surface area contributed by atoms with E-state index in [4.69, 9.17) is 0 Å². The molecule has 0 radical (unpaired) electrons. The molecule has 0 spiro atoms. The highest BCUT2D eigenvalue weighted by atomic mass is 16.3. The van der Waals surface area contributed by atoms with E-state index in [2.05, 4.69) is 12.2 Å². The van der Waals surface area contributed by atoms with Crippen LogP contribution in [0.2, 0.25) is 0 Å². The summed E-state index contributed by atoms with van der Waals surface area (Å²) in [5.74, 6) is 0. The number of nitrogens with one attached hydrogen (secondary N) is 1. The zero-order chi connectivity index (χ0) is 10.0. The molecule has 0 heterocycles. The lowest BCUT2D eigenvalue weighted by Gasteiger charge is -2.46. The van der Waals surface area contributed by atoms with Gasteiger partial charge in [-0.05, 0) is 38.5 Å². The van der Waals surface area contributed by atoms with E-state index in [-0.39, 0.29) is 6.10 Å². The Balaban J connectivity index is 1.88. The molecule has 2 atom stereocenters. The standard InChI is InChI=1S/C12H23NO/c1-2-12(8-5-9-12)13-10-6-3-4-7-11(10)14/h10-11,13-14H,2-9H2,1H3. The Bertz CT molecular complexity index is 183. The molecule has 0 saturated heterocycles. The molecule has 2 aliphatic rings. The highest BCUT2D eigenvalue weighted by Crippen LogP contribution is 2.36. The third-order valence-electron chi connectivity index (χ3n) is 4.21. The molecule has 14 heavy (non-hydrogen) atoms. The van der Waals surface area contributed by atoms with E-state index in [9.17, 15) is 5.11 Å². The number of hydrogen-bond donors (Lipinski definition) is 2. The van der Waals surface area contributed by atoms with Crippen molar-refractivity contribution in [1.29, 1.82) is 0 Å². The van der Waals surface area contributed by atoms with Crippen LogP contribution in [0.5, 0.6) is 0 Å². The fourth-order valence-corrected chi connectivity index (χ4v) is 2.88. The van der Waals surface area contributed by atoms with Crippen molar-refractivity contribution in [3.8, 4) is 0 Å². The van der Waals surface area contributed by atoms with Gasteiger partial charge in [-0.1, -0.05) is 19.8 Å². The Hall–Kier alpha value is -0.0800. The van der Waals surface area contributed by atoms with Crippen molar-refractivity contribution in [2.75, 3.05) is 0 Å². The van der Waals surface area contributed by atoms with E-state index in [1.165, 1.54) is 44.9 Å². The summed E-state index contributed by atoms with van der Waals surface area (Å²) in [7, 11) is 0. The third-order valence-corrected chi connectivity index (χ3v) is 4.21. The quantitative estimate of drug-likeness (QED) is 0.727. The molecular weight excluding hydrogens is 174 g/mol. The molecule has 82 valence electrons. The van der Waals surface area contributed by atoms with Crippen molar-refractivity contribution in [3.05, 3.63) is 0 Å². The molecule has 0 bridgehead atoms. The van der Waals surface area contributed by atoms with Crippen molar-refractivity contribution < 1.29 is 5.11 Å². The summed E-state index contributed by atoms with van der Waals surface area (Å²) in [5, 5.41) is 13.6. The van der Waals surface area contributed by atoms with Crippen LogP contribution in [-0.2, 0) is 0 Å². The van der Waals surface area contributed by atoms with Gasteiger partial charge in [-0.3, -0.25) is 0 Å². The lowest BCUT2D eigenvalue weighted by molar-refractivity contribution is 0.0494. The van der Waals surface area contributed by atoms with E-state index >= 15 is 0 Å². The van der Waals surface area contributed by atoms with Crippen LogP contribution < -0.4 is 5.32 Å². The molecule has 0 amide bonds. The van der Waals surface area contributed by atoms with Gasteiger partial charge in [0.2, 0.25) is 0 Å². The largest absolute Gasteiger partial charge is 0.392 e. The molecule has 2 rings (SSSR count). The molecule has 2 N–H and O–H groups in total. The first-order valence-corrected chi connectivity index (χ1v) is 6.21. The van der Waals surface area contributed by atoms with Gasteiger partial charge in [0.05, 0.1) is 6.10 Å². The number of aliphatic hydroxyl groups is 1. The van der Waals surface area contributed by atoms with E-state index in [1.54, 1.807) is 0 Å². The van der Waals surface area contributed by atoms with Gasteiger partial charge >= 0.3 is 0 Å². The van der Waals surface area contributed by atoms with Crippen LogP contribution in [0.25, 0.3) is 0 Å². The Kier molecular flexibility index (Phi) is 3.13. The van der Waals surface area contributed by atoms with E-state index < -0.39 is 0 Å². The minimum absolute atomic E-state index is 0.0900. The van der Waals surface area contributed by atoms with Crippen LogP contribution in [0.4, 0.5) is 0 Å². The number of hydrogen-bond acceptors (Lipinski definition) is 2. The Morgan fingerprint density at radius 2 is 1.93 bits per heavy atom. The maximum absolute atomic E-state index is 9.88. The zero-order valence-electron chi connectivity index (χ0n) is 9.26. The van der Waals surface area contributed by atoms with Gasteiger partial charge in [0.25, 0.3) is 0 Å². The van der Waals surface area contributed by atoms with Crippen LogP contribution in [0.15, 0.2) is 0 Å². The van der Waals surface area contributed by atoms with Gasteiger partial charge in [-0.25, -0.2) is 0 Å². The summed E-state index contributed by atoms with van der Waals surface area (Å²) in [6.45, 7) is 2.27. The average molecular weight is 197 g/mol. The first-order chi connectivity index (χ1) is 6.76. The molecule has 2 saturated carbocycles. The smallest absolute Gasteiger partial charge is 0.0693 e. The predicted octanol–water partition coefficient (Wildman–Crippen LogP) is 2.21. The molecule has 0 aliphatic heterocycles. The van der Waals surface area contributed by atoms with Crippen molar-refractivity contribution >= 4 is 0 Å². The molecule has 0 aromatic heterocycles. The average Bonchev–Trinajstić information content (AvgIpc) is 2.14. The fourth-order valence-electron chi connectivity index (χ4n) is 2.88. The summed E-state index contributed by atoms with van der Waals surface area (Å²) in [6.07, 6.45) is 9.78. The maximum Gasteiger partial charge on any atom is 0.0693 e. The lowest BCUT2D eigenvalue weighted by Crippen LogP contribution is -2.58. The van der Waals surface area contributed by atoms with Crippen LogP contribution in [0, 0.1) is 0 Å². The SMILES string of the molecule is CCC1(NC2CCCCC2O)CCC1. The summed E-state index contributed by atoms with van der Waals surface area (Å²) in [5.41, 5.74) is 0.392. The van der Waals surface area contributed by atoms with Crippen molar-refractivity contribution in [3.63, 3.8) is 0 Å². The first kappa shape index (κ1) is 10.4. The molecular formula is C12H23NO. The molecule has 0 aromatic rings. The molecule has 0 aromatic carbocycles. The van der Waals surface area contributed by atoms with Crippen LogP contribution >= 0.6 is 0 Å². The third kappa shape index (κ3) is 1.96. The maximum atomic E-state index is 9.88. The second-order valence-corrected chi connectivity index (χ2v) is 5.09. The topological polar surface area (TPSA) is 32.3 Å². The highest BCUT2D eigenvalue weighted by molar-refractivity contribution is 4.98. The van der Waals surface area contributed by atoms with Gasteiger partial charge in [-0.15, -0.1) is 0 Å². The summed E-state index contributed by atoms with van der Waals surface area (Å²) >= 11 is 0. The monoisotopic (exact) mass is 197 g/mol. The minimum Gasteiger partial charge on any atom is -0.392 e. The number of rotatable bonds is 3. The van der Waals surface area contributed by atoms with Crippen LogP contribution in [0.1, 0.15) is 58.3 Å². The highest BCUT2D eigenvalue weighted by Gasteiger charge is 2.38. The van der Waals surface area contributed by atoms with Crippen LogP contribution in [0.3, 0.4) is 0 Å². The Morgan fingerprint density at radius 1 is 1.21 bits per heavy atom. The summed E-state index contributed by atoms with van der Waals surface area (Å²) < 4.78 is 0. The van der Waals surface area contributed by atoms with Crippen molar-refractivity contribution in [1.82, 2.24) is 5.32 Å². The fraction of sp³-hybridized carbons (Fsp3) is 1.00. The van der Waals surface area contributed by atoms with Gasteiger partial charge in [0.15, 0.2) is 0 Å². The van der Waals surface area contributed by atoms with Gasteiger partial charge < -0.3 is 10.4 Å². The summed E-state index contributed by atoms with van der Waals surface area (Å²) in [6, 6.07) is 0.379. The molecule has 2 unspecified atom stereocenters. The molecule has 2 aliphatic carbocycles. The molecule has 2 nitrogen and oxygen atoms in total. The van der Waals surface area contributed by atoms with E-state index in [0.29, 0.717) is 11.6 Å². The number of aliphatic hydroxyl groups excluding tert-OH is 1. The van der Waals surface area contributed by atoms with E-state index in [1.807, 2.05) is 0 Å². The Morgan fingerprint density at radius 3 is 2.43 bits per heavy atom. The predicted molar refractivity (Wildman–Crippen MR) is 58.3 cm³/mol. The Labute approximate surface area is 87.1 Å². The normalized spacial score (nSPS) is 36.4. The van der Waals surface area contributed by atoms with E-state index in [0.717, 1.165) is 6.42 Å². The zero-order valence-corrected chi connectivity index (χ0v) is 9.26. The lowest BCUT2D eigenvalue weighted by atomic mass is 9.73. The molecule has 2 heteroatoms. The van der Waals surface area contributed by atoms with Gasteiger partial charge in [-0.2, -0.15) is 0 Å².